The SMILES string of the molecule is Cc1ccc(S(N)(=O)=O)c(C(=O)N2CCCCC2C2CCNC2)c1. The quantitative estimate of drug-likeness (QED) is 0.857. The van der Waals surface area contributed by atoms with Crippen molar-refractivity contribution in [3.63, 3.8) is 0 Å². The molecule has 3 rings (SSSR count). The van der Waals surface area contributed by atoms with Crippen molar-refractivity contribution in [3.05, 3.63) is 29.3 Å². The fraction of sp³-hybridized carbons (Fsp3) is 0.588. The lowest BCUT2D eigenvalue weighted by atomic mass is 9.89. The van der Waals surface area contributed by atoms with Gasteiger partial charge in [-0.2, -0.15) is 0 Å². The van der Waals surface area contributed by atoms with Crippen molar-refractivity contribution in [2.24, 2.45) is 11.1 Å². The standard InChI is InChI=1S/C17H25N3O3S/c1-12-5-6-16(24(18,22)23)14(10-12)17(21)20-9-3-2-4-15(20)13-7-8-19-11-13/h5-6,10,13,15,19H,2-4,7-9,11H2,1H3,(H2,18,22,23). The van der Waals surface area contributed by atoms with Crippen LogP contribution >= 0.6 is 0 Å². The summed E-state index contributed by atoms with van der Waals surface area (Å²) in [6, 6.07) is 4.93. The van der Waals surface area contributed by atoms with Crippen molar-refractivity contribution in [2.75, 3.05) is 19.6 Å². The van der Waals surface area contributed by atoms with E-state index in [2.05, 4.69) is 5.32 Å². The van der Waals surface area contributed by atoms with Crippen LogP contribution in [0.2, 0.25) is 0 Å². The van der Waals surface area contributed by atoms with E-state index in [-0.39, 0.29) is 22.4 Å². The maximum Gasteiger partial charge on any atom is 0.255 e. The van der Waals surface area contributed by atoms with Gasteiger partial charge < -0.3 is 10.2 Å². The van der Waals surface area contributed by atoms with E-state index < -0.39 is 10.0 Å². The third-order valence-electron chi connectivity index (χ3n) is 5.12. The van der Waals surface area contributed by atoms with E-state index in [1.54, 1.807) is 12.1 Å². The van der Waals surface area contributed by atoms with Gasteiger partial charge in [0, 0.05) is 12.6 Å². The molecule has 0 bridgehead atoms. The van der Waals surface area contributed by atoms with E-state index in [0.29, 0.717) is 12.5 Å². The highest BCUT2D eigenvalue weighted by atomic mass is 32.2. The normalized spacial score (nSPS) is 25.0. The Kier molecular flexibility index (Phi) is 4.94. The number of primary sulfonamides is 1. The highest BCUT2D eigenvalue weighted by molar-refractivity contribution is 7.89. The van der Waals surface area contributed by atoms with Crippen molar-refractivity contribution in [2.45, 2.75) is 43.5 Å². The van der Waals surface area contributed by atoms with Gasteiger partial charge in [0.05, 0.1) is 10.5 Å². The molecule has 24 heavy (non-hydrogen) atoms. The summed E-state index contributed by atoms with van der Waals surface area (Å²) in [5, 5.41) is 8.68. The van der Waals surface area contributed by atoms with Crippen LogP contribution in [0.1, 0.15) is 41.6 Å². The van der Waals surface area contributed by atoms with Gasteiger partial charge in [-0.15, -0.1) is 0 Å². The molecule has 1 amide bonds. The summed E-state index contributed by atoms with van der Waals surface area (Å²) in [6.45, 7) is 4.43. The van der Waals surface area contributed by atoms with E-state index in [1.807, 2.05) is 11.8 Å². The Balaban J connectivity index is 1.96. The topological polar surface area (TPSA) is 92.5 Å². The molecule has 1 aromatic carbocycles. The van der Waals surface area contributed by atoms with Crippen LogP contribution in [0, 0.1) is 12.8 Å². The number of amides is 1. The second-order valence-corrected chi connectivity index (χ2v) is 8.39. The number of nitrogens with two attached hydrogens (primary N) is 1. The molecule has 6 nitrogen and oxygen atoms in total. The minimum Gasteiger partial charge on any atom is -0.335 e. The van der Waals surface area contributed by atoms with E-state index >= 15 is 0 Å². The molecule has 2 fully saturated rings. The number of sulfonamides is 1. The predicted octanol–water partition coefficient (Wildman–Crippen LogP) is 1.25. The van der Waals surface area contributed by atoms with Crippen LogP contribution in [-0.4, -0.2) is 44.9 Å². The maximum absolute atomic E-state index is 13.2. The van der Waals surface area contributed by atoms with Gasteiger partial charge in [-0.3, -0.25) is 4.79 Å². The van der Waals surface area contributed by atoms with Gasteiger partial charge in [-0.1, -0.05) is 11.6 Å². The van der Waals surface area contributed by atoms with Crippen LogP contribution < -0.4 is 10.5 Å². The molecule has 0 aromatic heterocycles. The first-order valence-electron chi connectivity index (χ1n) is 8.53. The average molecular weight is 351 g/mol. The zero-order valence-corrected chi connectivity index (χ0v) is 14.8. The zero-order valence-electron chi connectivity index (χ0n) is 14.0. The predicted molar refractivity (Wildman–Crippen MR) is 92.2 cm³/mol. The minimum absolute atomic E-state index is 0.0769. The number of benzene rings is 1. The Morgan fingerprint density at radius 1 is 1.29 bits per heavy atom. The van der Waals surface area contributed by atoms with Gasteiger partial charge >= 0.3 is 0 Å². The molecule has 0 radical (unpaired) electrons. The number of hydrogen-bond donors (Lipinski definition) is 2. The number of hydrogen-bond acceptors (Lipinski definition) is 4. The van der Waals surface area contributed by atoms with Crippen molar-refractivity contribution < 1.29 is 13.2 Å². The molecule has 2 heterocycles. The molecule has 0 spiro atoms. The van der Waals surface area contributed by atoms with Crippen molar-refractivity contribution in [1.29, 1.82) is 0 Å². The number of carbonyl (C=O) groups excluding carboxylic acids is 1. The molecule has 2 aliphatic rings. The summed E-state index contributed by atoms with van der Waals surface area (Å²) < 4.78 is 23.8. The first kappa shape index (κ1) is 17.4. The number of nitrogens with zero attached hydrogens (tertiary/aromatic N) is 1. The maximum atomic E-state index is 13.2. The lowest BCUT2D eigenvalue weighted by Crippen LogP contribution is -2.48. The van der Waals surface area contributed by atoms with Crippen LogP contribution in [0.25, 0.3) is 0 Å². The van der Waals surface area contributed by atoms with Crippen LogP contribution in [0.3, 0.4) is 0 Å². The van der Waals surface area contributed by atoms with E-state index in [4.69, 9.17) is 5.14 Å². The number of rotatable bonds is 3. The second kappa shape index (κ2) is 6.82. The molecular formula is C17H25N3O3S. The summed E-state index contributed by atoms with van der Waals surface area (Å²) in [6.07, 6.45) is 4.11. The van der Waals surface area contributed by atoms with Gasteiger partial charge in [-0.05, 0) is 63.7 Å². The molecule has 132 valence electrons. The number of carbonyl (C=O) groups is 1. The third kappa shape index (κ3) is 3.48. The lowest BCUT2D eigenvalue weighted by Gasteiger charge is -2.39. The lowest BCUT2D eigenvalue weighted by molar-refractivity contribution is 0.0526. The van der Waals surface area contributed by atoms with Crippen LogP contribution in [0.5, 0.6) is 0 Å². The molecule has 2 atom stereocenters. The van der Waals surface area contributed by atoms with Crippen molar-refractivity contribution in [1.82, 2.24) is 10.2 Å². The van der Waals surface area contributed by atoms with Crippen molar-refractivity contribution in [3.8, 4) is 0 Å². The molecular weight excluding hydrogens is 326 g/mol. The number of piperidine rings is 1. The molecule has 1 aromatic rings. The minimum atomic E-state index is -3.93. The second-order valence-electron chi connectivity index (χ2n) is 6.86. The van der Waals surface area contributed by atoms with Crippen LogP contribution in [0.4, 0.5) is 0 Å². The Morgan fingerprint density at radius 2 is 2.08 bits per heavy atom. The third-order valence-corrected chi connectivity index (χ3v) is 6.09. The summed E-state index contributed by atoms with van der Waals surface area (Å²) in [7, 11) is -3.93. The number of nitrogens with one attached hydrogen (secondary N) is 1. The van der Waals surface area contributed by atoms with Gasteiger partial charge in [0.25, 0.3) is 5.91 Å². The molecule has 3 N–H and O–H groups in total. The molecule has 2 saturated heterocycles. The average Bonchev–Trinajstić information content (AvgIpc) is 3.07. The molecule has 2 aliphatic heterocycles. The first-order chi connectivity index (χ1) is 11.4. The van der Waals surface area contributed by atoms with E-state index in [1.165, 1.54) is 6.07 Å². The first-order valence-corrected chi connectivity index (χ1v) is 10.1. The Bertz CT molecular complexity index is 727. The van der Waals surface area contributed by atoms with Gasteiger partial charge in [-0.25, -0.2) is 13.6 Å². The highest BCUT2D eigenvalue weighted by Gasteiger charge is 2.36. The Hall–Kier alpha value is -1.44. The molecule has 0 aliphatic carbocycles. The molecule has 2 unspecified atom stereocenters. The summed E-state index contributed by atoms with van der Waals surface area (Å²) in [5.74, 6) is 0.233. The Morgan fingerprint density at radius 3 is 2.75 bits per heavy atom. The fourth-order valence-corrected chi connectivity index (χ4v) is 4.63. The fourth-order valence-electron chi connectivity index (χ4n) is 3.92. The van der Waals surface area contributed by atoms with Crippen LogP contribution in [0.15, 0.2) is 23.1 Å². The molecule has 7 heteroatoms. The summed E-state index contributed by atoms with van der Waals surface area (Å²) in [5.41, 5.74) is 1.05. The molecule has 0 saturated carbocycles. The smallest absolute Gasteiger partial charge is 0.255 e. The van der Waals surface area contributed by atoms with E-state index in [0.717, 1.165) is 44.3 Å². The van der Waals surface area contributed by atoms with Gasteiger partial charge in [0.2, 0.25) is 10.0 Å². The van der Waals surface area contributed by atoms with Gasteiger partial charge in [0.15, 0.2) is 0 Å². The summed E-state index contributed by atoms with van der Waals surface area (Å²) >= 11 is 0. The van der Waals surface area contributed by atoms with E-state index in [9.17, 15) is 13.2 Å². The Labute approximate surface area is 143 Å². The monoisotopic (exact) mass is 351 g/mol. The van der Waals surface area contributed by atoms with Crippen LogP contribution in [-0.2, 0) is 10.0 Å². The van der Waals surface area contributed by atoms with Gasteiger partial charge in [0.1, 0.15) is 0 Å². The van der Waals surface area contributed by atoms with Crippen molar-refractivity contribution >= 4 is 15.9 Å². The number of aryl methyl sites for hydroxylation is 1. The zero-order chi connectivity index (χ0) is 17.3. The largest absolute Gasteiger partial charge is 0.335 e. The summed E-state index contributed by atoms with van der Waals surface area (Å²) in [4.78, 5) is 15.0. The highest BCUT2D eigenvalue weighted by Crippen LogP contribution is 2.29. The number of likely N-dealkylation sites (tertiary alicyclic amines) is 1.